The van der Waals surface area contributed by atoms with Crippen molar-refractivity contribution in [3.05, 3.63) is 24.3 Å². The third-order valence-electron chi connectivity index (χ3n) is 3.38. The first-order valence-electron chi connectivity index (χ1n) is 7.07. The highest BCUT2D eigenvalue weighted by molar-refractivity contribution is 6.75. The molecule has 5 heteroatoms. The van der Waals surface area contributed by atoms with Crippen LogP contribution in [0.25, 0.3) is 0 Å². The molecule has 0 saturated carbocycles. The van der Waals surface area contributed by atoms with Crippen LogP contribution in [0.2, 0.25) is 10.1 Å². The highest BCUT2D eigenvalue weighted by atomic mass is 28.4. The topological polar surface area (TPSA) is 55.8 Å². The van der Waals surface area contributed by atoms with Crippen LogP contribution in [0.4, 0.5) is 0 Å². The van der Waals surface area contributed by atoms with E-state index in [1.165, 1.54) is 6.92 Å². The van der Waals surface area contributed by atoms with E-state index >= 15 is 0 Å². The average Bonchev–Trinajstić information content (AvgIpc) is 2.27. The first-order valence-corrected chi connectivity index (χ1v) is 8.89. The van der Waals surface area contributed by atoms with Crippen molar-refractivity contribution >= 4 is 14.5 Å². The first kappa shape index (κ1) is 17.6. The summed E-state index contributed by atoms with van der Waals surface area (Å²) >= 11 is 0. The second-order valence-electron chi connectivity index (χ2n) is 7.28. The Hall–Kier alpha value is -1.49. The van der Waals surface area contributed by atoms with Crippen molar-refractivity contribution in [1.29, 1.82) is 0 Å². The number of hydrogen-bond donors (Lipinski definition) is 1. The zero-order chi connectivity index (χ0) is 16.5. The van der Waals surface area contributed by atoms with Crippen molar-refractivity contribution < 1.29 is 18.8 Å². The van der Waals surface area contributed by atoms with Crippen molar-refractivity contribution in [2.45, 2.75) is 58.5 Å². The van der Waals surface area contributed by atoms with E-state index in [4.69, 9.17) is 8.85 Å². The molecule has 0 aliphatic carbocycles. The minimum absolute atomic E-state index is 0.0510. The van der Waals surface area contributed by atoms with Gasteiger partial charge in [0.1, 0.15) is 5.75 Å². The van der Waals surface area contributed by atoms with Crippen LogP contribution in [0.5, 0.6) is 11.5 Å². The summed E-state index contributed by atoms with van der Waals surface area (Å²) in [6, 6.07) is 6.77. The van der Waals surface area contributed by atoms with Crippen molar-refractivity contribution in [2.24, 2.45) is 0 Å². The van der Waals surface area contributed by atoms with Crippen LogP contribution in [0.3, 0.4) is 0 Å². The minimum atomic E-state index is -3.04. The van der Waals surface area contributed by atoms with Gasteiger partial charge in [0, 0.05) is 17.0 Å². The number of rotatable bonds is 3. The fourth-order valence-corrected chi connectivity index (χ4v) is 7.06. The van der Waals surface area contributed by atoms with Crippen molar-refractivity contribution in [3.63, 3.8) is 0 Å². The Morgan fingerprint density at radius 1 is 1.05 bits per heavy atom. The molecule has 0 radical (unpaired) electrons. The van der Waals surface area contributed by atoms with E-state index in [2.05, 4.69) is 0 Å². The van der Waals surface area contributed by atoms with Gasteiger partial charge in [-0.3, -0.25) is 4.79 Å². The fraction of sp³-hybridized carbons (Fsp3) is 0.562. The number of aromatic hydroxyl groups is 1. The van der Waals surface area contributed by atoms with Gasteiger partial charge in [-0.05, 0) is 12.1 Å². The SMILES string of the molecule is CC(=O)O[Si](Oc1ccccc1O)(C(C)(C)C)C(C)(C)C. The van der Waals surface area contributed by atoms with Gasteiger partial charge in [0.05, 0.1) is 0 Å². The molecule has 0 bridgehead atoms. The second kappa shape index (κ2) is 5.71. The fourth-order valence-electron chi connectivity index (χ4n) is 2.66. The van der Waals surface area contributed by atoms with E-state index in [1.54, 1.807) is 24.3 Å². The molecule has 1 rings (SSSR count). The van der Waals surface area contributed by atoms with Crippen LogP contribution in [0, 0.1) is 0 Å². The zero-order valence-electron chi connectivity index (χ0n) is 14.0. The Morgan fingerprint density at radius 2 is 1.52 bits per heavy atom. The number of carbonyl (C=O) groups excluding carboxylic acids is 1. The molecule has 0 aliphatic rings. The normalized spacial score (nSPS) is 12.9. The van der Waals surface area contributed by atoms with Gasteiger partial charge in [-0.2, -0.15) is 0 Å². The molecule has 0 amide bonds. The summed E-state index contributed by atoms with van der Waals surface area (Å²) < 4.78 is 12.0. The van der Waals surface area contributed by atoms with Gasteiger partial charge in [-0.25, -0.2) is 0 Å². The lowest BCUT2D eigenvalue weighted by Crippen LogP contribution is -2.60. The quantitative estimate of drug-likeness (QED) is 0.842. The lowest BCUT2D eigenvalue weighted by molar-refractivity contribution is -0.134. The summed E-state index contributed by atoms with van der Waals surface area (Å²) in [5.41, 5.74) is 0. The standard InChI is InChI=1S/C16H26O4Si/c1-12(17)19-21(15(2,3)4,16(5,6)7)20-14-11-9-8-10-13(14)18/h8-11,18H,1-7H3. The molecule has 4 nitrogen and oxygen atoms in total. The Labute approximate surface area is 128 Å². The molecule has 1 aromatic carbocycles. The Balaban J connectivity index is 3.43. The second-order valence-corrected chi connectivity index (χ2v) is 11.9. The van der Waals surface area contributed by atoms with Gasteiger partial charge in [0.2, 0.25) is 0 Å². The Morgan fingerprint density at radius 3 is 1.90 bits per heavy atom. The molecule has 0 heterocycles. The maximum Gasteiger partial charge on any atom is 0.473 e. The smallest absolute Gasteiger partial charge is 0.473 e. The molecule has 0 aromatic heterocycles. The van der Waals surface area contributed by atoms with E-state index in [9.17, 15) is 9.90 Å². The van der Waals surface area contributed by atoms with E-state index in [0.717, 1.165) is 0 Å². The van der Waals surface area contributed by atoms with E-state index in [0.29, 0.717) is 5.75 Å². The number of phenols is 1. The van der Waals surface area contributed by atoms with Crippen LogP contribution >= 0.6 is 0 Å². The summed E-state index contributed by atoms with van der Waals surface area (Å²) in [5, 5.41) is 9.27. The van der Waals surface area contributed by atoms with Gasteiger partial charge in [-0.15, -0.1) is 0 Å². The third kappa shape index (κ3) is 3.58. The van der Waals surface area contributed by atoms with E-state index in [-0.39, 0.29) is 21.8 Å². The maximum atomic E-state index is 11.7. The molecule has 0 atom stereocenters. The summed E-state index contributed by atoms with van der Waals surface area (Å²) in [6.45, 7) is 13.4. The van der Waals surface area contributed by atoms with Gasteiger partial charge in [-0.1, -0.05) is 53.7 Å². The first-order chi connectivity index (χ1) is 9.41. The Kier molecular flexibility index (Phi) is 4.78. The van der Waals surface area contributed by atoms with Gasteiger partial charge in [0.15, 0.2) is 5.75 Å². The van der Waals surface area contributed by atoms with Gasteiger partial charge >= 0.3 is 8.56 Å². The molecule has 1 aromatic rings. The highest BCUT2D eigenvalue weighted by Gasteiger charge is 2.63. The summed E-state index contributed by atoms with van der Waals surface area (Å²) in [7, 11) is -3.04. The predicted octanol–water partition coefficient (Wildman–Crippen LogP) is 4.38. The van der Waals surface area contributed by atoms with Gasteiger partial charge in [0.25, 0.3) is 5.97 Å². The molecule has 1 N–H and O–H groups in total. The zero-order valence-corrected chi connectivity index (χ0v) is 15.0. The van der Waals surface area contributed by atoms with E-state index < -0.39 is 8.56 Å². The van der Waals surface area contributed by atoms with Crippen LogP contribution in [0.15, 0.2) is 24.3 Å². The molecule has 0 aliphatic heterocycles. The Bertz CT molecular complexity index is 498. The van der Waals surface area contributed by atoms with Crippen LogP contribution in [0.1, 0.15) is 48.5 Å². The number of carbonyl (C=O) groups is 1. The lowest BCUT2D eigenvalue weighted by Gasteiger charge is -2.47. The minimum Gasteiger partial charge on any atom is -0.508 e. The lowest BCUT2D eigenvalue weighted by atomic mass is 10.2. The van der Waals surface area contributed by atoms with Crippen molar-refractivity contribution in [3.8, 4) is 11.5 Å². The number of hydrogen-bond acceptors (Lipinski definition) is 4. The van der Waals surface area contributed by atoms with Crippen molar-refractivity contribution in [1.82, 2.24) is 0 Å². The predicted molar refractivity (Wildman–Crippen MR) is 85.7 cm³/mol. The molecule has 0 saturated heterocycles. The van der Waals surface area contributed by atoms with Crippen LogP contribution in [-0.4, -0.2) is 19.6 Å². The van der Waals surface area contributed by atoms with Crippen molar-refractivity contribution in [2.75, 3.05) is 0 Å². The molecule has 0 spiro atoms. The molecular formula is C16H26O4Si. The highest BCUT2D eigenvalue weighted by Crippen LogP contribution is 2.53. The average molecular weight is 310 g/mol. The molecule has 0 fully saturated rings. The number of phenolic OH excluding ortho intramolecular Hbond substituents is 1. The van der Waals surface area contributed by atoms with E-state index in [1.807, 2.05) is 41.5 Å². The molecule has 21 heavy (non-hydrogen) atoms. The number of benzene rings is 1. The largest absolute Gasteiger partial charge is 0.508 e. The molecule has 0 unspecified atom stereocenters. The summed E-state index contributed by atoms with van der Waals surface area (Å²) in [6.07, 6.45) is 0. The number of para-hydroxylation sites is 2. The molecular weight excluding hydrogens is 284 g/mol. The third-order valence-corrected chi connectivity index (χ3v) is 8.41. The summed E-state index contributed by atoms with van der Waals surface area (Å²) in [5.74, 6) is 0.0484. The monoisotopic (exact) mass is 310 g/mol. The van der Waals surface area contributed by atoms with Gasteiger partial charge < -0.3 is 14.0 Å². The summed E-state index contributed by atoms with van der Waals surface area (Å²) in [4.78, 5) is 11.7. The van der Waals surface area contributed by atoms with Crippen LogP contribution < -0.4 is 4.43 Å². The van der Waals surface area contributed by atoms with Crippen LogP contribution in [-0.2, 0) is 9.22 Å². The molecule has 118 valence electrons. The maximum absolute atomic E-state index is 11.7.